The lowest BCUT2D eigenvalue weighted by molar-refractivity contribution is 0.0696. The van der Waals surface area contributed by atoms with E-state index in [-0.39, 0.29) is 29.7 Å². The van der Waals surface area contributed by atoms with Crippen molar-refractivity contribution in [2.75, 3.05) is 13.2 Å². The number of aliphatic hydroxyl groups excluding tert-OH is 1. The van der Waals surface area contributed by atoms with Crippen molar-refractivity contribution in [1.29, 1.82) is 0 Å². The molecule has 0 radical (unpaired) electrons. The van der Waals surface area contributed by atoms with Crippen LogP contribution in [0.15, 0.2) is 21.5 Å². The van der Waals surface area contributed by atoms with E-state index < -0.39 is 16.0 Å². The summed E-state index contributed by atoms with van der Waals surface area (Å²) in [5.74, 6) is -1.19. The van der Waals surface area contributed by atoms with Crippen molar-refractivity contribution >= 4 is 31.9 Å². The number of sulfonamides is 1. The highest BCUT2D eigenvalue weighted by atomic mass is 79.9. The van der Waals surface area contributed by atoms with Gasteiger partial charge in [-0.25, -0.2) is 13.2 Å². The van der Waals surface area contributed by atoms with Crippen molar-refractivity contribution < 1.29 is 23.4 Å². The molecule has 1 aromatic carbocycles. The molecule has 0 aliphatic heterocycles. The standard InChI is InChI=1S/C13H18BrNO5S/c1-8(2)15(4-5-16)21(19,20)11-7-10(13(17)18)6-9(3)12(11)14/h6-8,16H,4-5H2,1-3H3,(H,17,18). The lowest BCUT2D eigenvalue weighted by Gasteiger charge is -2.26. The van der Waals surface area contributed by atoms with Crippen LogP contribution in [0, 0.1) is 6.92 Å². The summed E-state index contributed by atoms with van der Waals surface area (Å²) in [6.45, 7) is 4.64. The summed E-state index contributed by atoms with van der Waals surface area (Å²) >= 11 is 3.21. The van der Waals surface area contributed by atoms with Gasteiger partial charge in [0.05, 0.1) is 17.1 Å². The zero-order chi connectivity index (χ0) is 16.4. The Labute approximate surface area is 132 Å². The zero-order valence-corrected chi connectivity index (χ0v) is 14.4. The van der Waals surface area contributed by atoms with Gasteiger partial charge in [0, 0.05) is 17.1 Å². The first-order valence-electron chi connectivity index (χ1n) is 6.29. The van der Waals surface area contributed by atoms with Crippen molar-refractivity contribution in [3.05, 3.63) is 27.7 Å². The van der Waals surface area contributed by atoms with Crippen molar-refractivity contribution in [2.24, 2.45) is 0 Å². The molecule has 0 saturated carbocycles. The summed E-state index contributed by atoms with van der Waals surface area (Å²) in [4.78, 5) is 11.0. The largest absolute Gasteiger partial charge is 0.478 e. The first kappa shape index (κ1) is 18.1. The van der Waals surface area contributed by atoms with Gasteiger partial charge in [-0.05, 0) is 54.4 Å². The number of rotatable bonds is 6. The van der Waals surface area contributed by atoms with E-state index in [2.05, 4.69) is 15.9 Å². The molecule has 1 rings (SSSR count). The Bertz CT molecular complexity index is 642. The van der Waals surface area contributed by atoms with Gasteiger partial charge in [-0.2, -0.15) is 4.31 Å². The van der Waals surface area contributed by atoms with Crippen LogP contribution in [0.3, 0.4) is 0 Å². The predicted molar refractivity (Wildman–Crippen MR) is 82.0 cm³/mol. The fraction of sp³-hybridized carbons (Fsp3) is 0.462. The molecule has 8 heteroatoms. The van der Waals surface area contributed by atoms with Crippen LogP contribution < -0.4 is 0 Å². The minimum absolute atomic E-state index is 0.0528. The van der Waals surface area contributed by atoms with Crippen molar-refractivity contribution in [2.45, 2.75) is 31.7 Å². The van der Waals surface area contributed by atoms with Crippen LogP contribution >= 0.6 is 15.9 Å². The molecule has 1 aromatic rings. The van der Waals surface area contributed by atoms with Crippen LogP contribution in [0.1, 0.15) is 29.8 Å². The molecule has 0 fully saturated rings. The summed E-state index contributed by atoms with van der Waals surface area (Å²) in [7, 11) is -3.91. The number of aryl methyl sites for hydroxylation is 1. The second-order valence-electron chi connectivity index (χ2n) is 4.84. The molecule has 6 nitrogen and oxygen atoms in total. The van der Waals surface area contributed by atoms with E-state index in [4.69, 9.17) is 10.2 Å². The Morgan fingerprint density at radius 3 is 2.38 bits per heavy atom. The molecule has 2 N–H and O–H groups in total. The summed E-state index contributed by atoms with van der Waals surface area (Å²) in [5, 5.41) is 18.1. The number of aromatic carboxylic acids is 1. The Morgan fingerprint density at radius 1 is 1.38 bits per heavy atom. The molecule has 0 bridgehead atoms. The van der Waals surface area contributed by atoms with Gasteiger partial charge in [0.1, 0.15) is 0 Å². The lowest BCUT2D eigenvalue weighted by Crippen LogP contribution is -2.39. The molecule has 0 aliphatic rings. The average molecular weight is 380 g/mol. The van der Waals surface area contributed by atoms with E-state index in [9.17, 15) is 13.2 Å². The molecule has 0 spiro atoms. The SMILES string of the molecule is Cc1cc(C(=O)O)cc(S(=O)(=O)N(CCO)C(C)C)c1Br. The summed E-state index contributed by atoms with van der Waals surface area (Å²) in [6.07, 6.45) is 0. The molecule has 0 aliphatic carbocycles. The molecular weight excluding hydrogens is 362 g/mol. The number of hydrogen-bond acceptors (Lipinski definition) is 4. The monoisotopic (exact) mass is 379 g/mol. The van der Waals surface area contributed by atoms with Crippen LogP contribution in [-0.4, -0.2) is 48.1 Å². The Hall–Kier alpha value is -0.960. The maximum atomic E-state index is 12.7. The first-order chi connectivity index (χ1) is 9.62. The highest BCUT2D eigenvalue weighted by Crippen LogP contribution is 2.30. The van der Waals surface area contributed by atoms with Crippen LogP contribution in [-0.2, 0) is 10.0 Å². The Morgan fingerprint density at radius 2 is 1.95 bits per heavy atom. The van der Waals surface area contributed by atoms with Crippen molar-refractivity contribution in [1.82, 2.24) is 4.31 Å². The first-order valence-corrected chi connectivity index (χ1v) is 8.52. The third kappa shape index (κ3) is 3.82. The number of aliphatic hydroxyl groups is 1. The third-order valence-electron chi connectivity index (χ3n) is 2.95. The van der Waals surface area contributed by atoms with Gasteiger partial charge in [0.25, 0.3) is 0 Å². The molecule has 0 saturated heterocycles. The molecule has 0 unspecified atom stereocenters. The summed E-state index contributed by atoms with van der Waals surface area (Å²) in [5.41, 5.74) is 0.420. The lowest BCUT2D eigenvalue weighted by atomic mass is 10.1. The minimum Gasteiger partial charge on any atom is -0.478 e. The second-order valence-corrected chi connectivity index (χ2v) is 7.50. The van der Waals surface area contributed by atoms with E-state index in [0.29, 0.717) is 10.0 Å². The fourth-order valence-corrected chi connectivity index (χ4v) is 4.56. The number of benzene rings is 1. The number of carboxylic acids is 1. The van der Waals surface area contributed by atoms with Crippen LogP contribution in [0.25, 0.3) is 0 Å². The second kappa shape index (κ2) is 6.87. The number of carboxylic acid groups (broad SMARTS) is 1. The normalized spacial score (nSPS) is 12.1. The molecule has 0 amide bonds. The van der Waals surface area contributed by atoms with E-state index in [0.717, 1.165) is 10.4 Å². The summed E-state index contributed by atoms with van der Waals surface area (Å²) < 4.78 is 26.9. The van der Waals surface area contributed by atoms with E-state index in [1.54, 1.807) is 20.8 Å². The molecule has 0 aromatic heterocycles. The maximum absolute atomic E-state index is 12.7. The molecule has 118 valence electrons. The van der Waals surface area contributed by atoms with Gasteiger partial charge in [0.2, 0.25) is 10.0 Å². The Kier molecular flexibility index (Phi) is 5.92. The minimum atomic E-state index is -3.91. The highest BCUT2D eigenvalue weighted by molar-refractivity contribution is 9.10. The van der Waals surface area contributed by atoms with Crippen LogP contribution in [0.2, 0.25) is 0 Å². The number of halogens is 1. The summed E-state index contributed by atoms with van der Waals surface area (Å²) in [6, 6.07) is 2.17. The maximum Gasteiger partial charge on any atom is 0.335 e. The van der Waals surface area contributed by atoms with Crippen molar-refractivity contribution in [3.8, 4) is 0 Å². The number of nitrogens with zero attached hydrogens (tertiary/aromatic N) is 1. The smallest absolute Gasteiger partial charge is 0.335 e. The van der Waals surface area contributed by atoms with Gasteiger partial charge in [-0.3, -0.25) is 0 Å². The Balaban J connectivity index is 3.53. The molecule has 21 heavy (non-hydrogen) atoms. The van der Waals surface area contributed by atoms with Gasteiger partial charge in [0.15, 0.2) is 0 Å². The van der Waals surface area contributed by atoms with Gasteiger partial charge in [-0.15, -0.1) is 0 Å². The van der Waals surface area contributed by atoms with Crippen LogP contribution in [0.4, 0.5) is 0 Å². The van der Waals surface area contributed by atoms with E-state index in [1.807, 2.05) is 0 Å². The third-order valence-corrected chi connectivity index (χ3v) is 6.37. The highest BCUT2D eigenvalue weighted by Gasteiger charge is 2.30. The zero-order valence-electron chi connectivity index (χ0n) is 12.0. The van der Waals surface area contributed by atoms with Gasteiger partial charge >= 0.3 is 5.97 Å². The van der Waals surface area contributed by atoms with Gasteiger partial charge < -0.3 is 10.2 Å². The molecule has 0 atom stereocenters. The number of hydrogen-bond donors (Lipinski definition) is 2. The van der Waals surface area contributed by atoms with Crippen LogP contribution in [0.5, 0.6) is 0 Å². The topological polar surface area (TPSA) is 94.9 Å². The quantitative estimate of drug-likeness (QED) is 0.786. The van der Waals surface area contributed by atoms with E-state index in [1.165, 1.54) is 6.07 Å². The van der Waals surface area contributed by atoms with E-state index >= 15 is 0 Å². The molecular formula is C13H18BrNO5S. The number of carbonyl (C=O) groups is 1. The average Bonchev–Trinajstić information content (AvgIpc) is 2.37. The fourth-order valence-electron chi connectivity index (χ4n) is 1.93. The van der Waals surface area contributed by atoms with Crippen molar-refractivity contribution in [3.63, 3.8) is 0 Å². The molecule has 0 heterocycles. The predicted octanol–water partition coefficient (Wildman–Crippen LogP) is 1.85. The van der Waals surface area contributed by atoms with Gasteiger partial charge in [-0.1, -0.05) is 0 Å².